The van der Waals surface area contributed by atoms with Crippen molar-refractivity contribution in [1.82, 2.24) is 5.32 Å². The standard InChI is InChI=1S/C9H20NO3P/c1-8(10-7-14(11,12)13)9-5-3-2-4-6-9/h8-10H,2-7H2,1H3,(H2,11,12,13)/t8-/m0/s1. The summed E-state index contributed by atoms with van der Waals surface area (Å²) in [5, 5.41) is 2.93. The lowest BCUT2D eigenvalue weighted by atomic mass is 9.85. The molecule has 0 amide bonds. The average molecular weight is 221 g/mol. The Balaban J connectivity index is 2.26. The van der Waals surface area contributed by atoms with Crippen molar-refractivity contribution in [2.75, 3.05) is 6.29 Å². The van der Waals surface area contributed by atoms with Crippen LogP contribution in [0.5, 0.6) is 0 Å². The number of nitrogens with one attached hydrogen (secondary N) is 1. The molecular formula is C9H20NO3P. The van der Waals surface area contributed by atoms with E-state index in [-0.39, 0.29) is 12.3 Å². The topological polar surface area (TPSA) is 69.6 Å². The van der Waals surface area contributed by atoms with Gasteiger partial charge in [0.25, 0.3) is 0 Å². The first-order valence-electron chi connectivity index (χ1n) is 5.27. The highest BCUT2D eigenvalue weighted by molar-refractivity contribution is 7.51. The zero-order valence-corrected chi connectivity index (χ0v) is 9.54. The molecule has 0 aromatic heterocycles. The van der Waals surface area contributed by atoms with Gasteiger partial charge in [-0.25, -0.2) is 0 Å². The van der Waals surface area contributed by atoms with Crippen LogP contribution in [0.1, 0.15) is 39.0 Å². The SMILES string of the molecule is C[C@H](NCP(=O)(O)O)C1CCCCC1. The van der Waals surface area contributed by atoms with E-state index in [9.17, 15) is 4.57 Å². The first kappa shape index (κ1) is 12.2. The normalized spacial score (nSPS) is 22.2. The van der Waals surface area contributed by atoms with Crippen molar-refractivity contribution in [1.29, 1.82) is 0 Å². The molecule has 0 bridgehead atoms. The average Bonchev–Trinajstić information content (AvgIpc) is 2.14. The van der Waals surface area contributed by atoms with Gasteiger partial charge in [-0.1, -0.05) is 19.3 Å². The van der Waals surface area contributed by atoms with Gasteiger partial charge in [0, 0.05) is 6.04 Å². The Labute approximate surface area is 85.3 Å². The molecule has 0 radical (unpaired) electrons. The molecule has 1 atom stereocenters. The number of hydrogen-bond donors (Lipinski definition) is 3. The monoisotopic (exact) mass is 221 g/mol. The lowest BCUT2D eigenvalue weighted by molar-refractivity contribution is 0.282. The van der Waals surface area contributed by atoms with Crippen LogP contribution in [0.25, 0.3) is 0 Å². The predicted molar refractivity (Wildman–Crippen MR) is 56.1 cm³/mol. The fraction of sp³-hybridized carbons (Fsp3) is 1.00. The second kappa shape index (κ2) is 5.26. The Kier molecular flexibility index (Phi) is 4.58. The second-order valence-corrected chi connectivity index (χ2v) is 5.86. The van der Waals surface area contributed by atoms with Crippen LogP contribution < -0.4 is 5.32 Å². The van der Waals surface area contributed by atoms with Crippen molar-refractivity contribution in [3.05, 3.63) is 0 Å². The van der Waals surface area contributed by atoms with Gasteiger partial charge in [0.15, 0.2) is 0 Å². The van der Waals surface area contributed by atoms with E-state index in [1.54, 1.807) is 0 Å². The molecule has 1 aliphatic rings. The minimum Gasteiger partial charge on any atom is -0.324 e. The van der Waals surface area contributed by atoms with Crippen molar-refractivity contribution >= 4 is 7.60 Å². The summed E-state index contributed by atoms with van der Waals surface area (Å²) in [6.07, 6.45) is 6.01. The van der Waals surface area contributed by atoms with Gasteiger partial charge in [0.05, 0.1) is 6.29 Å². The van der Waals surface area contributed by atoms with Gasteiger partial charge in [-0.15, -0.1) is 0 Å². The molecule has 14 heavy (non-hydrogen) atoms. The third kappa shape index (κ3) is 4.56. The molecule has 1 saturated carbocycles. The van der Waals surface area contributed by atoms with Crippen LogP contribution in [0.3, 0.4) is 0 Å². The van der Waals surface area contributed by atoms with Crippen LogP contribution in [0.15, 0.2) is 0 Å². The predicted octanol–water partition coefficient (Wildman–Crippen LogP) is 1.68. The minimum atomic E-state index is -3.88. The first-order valence-corrected chi connectivity index (χ1v) is 7.07. The van der Waals surface area contributed by atoms with Gasteiger partial charge in [-0.3, -0.25) is 4.57 Å². The summed E-state index contributed by atoms with van der Waals surface area (Å²) in [6, 6.07) is 0.225. The Morgan fingerprint density at radius 2 is 1.93 bits per heavy atom. The third-order valence-corrected chi connectivity index (χ3v) is 3.57. The van der Waals surface area contributed by atoms with Crippen LogP contribution in [-0.2, 0) is 4.57 Å². The van der Waals surface area contributed by atoms with Crippen molar-refractivity contribution in [3.63, 3.8) is 0 Å². The van der Waals surface area contributed by atoms with Crippen LogP contribution >= 0.6 is 7.60 Å². The summed E-state index contributed by atoms with van der Waals surface area (Å²) >= 11 is 0. The maximum absolute atomic E-state index is 10.7. The summed E-state index contributed by atoms with van der Waals surface area (Å²) in [5.74, 6) is 0.593. The van der Waals surface area contributed by atoms with E-state index in [0.29, 0.717) is 5.92 Å². The van der Waals surface area contributed by atoms with Crippen LogP contribution in [0.4, 0.5) is 0 Å². The summed E-state index contributed by atoms with van der Waals surface area (Å²) in [5.41, 5.74) is 0. The van der Waals surface area contributed by atoms with Crippen molar-refractivity contribution in [2.45, 2.75) is 45.1 Å². The molecule has 84 valence electrons. The van der Waals surface area contributed by atoms with Crippen LogP contribution in [-0.4, -0.2) is 22.1 Å². The van der Waals surface area contributed by atoms with Gasteiger partial charge >= 0.3 is 7.60 Å². The molecule has 0 spiro atoms. The Morgan fingerprint density at radius 1 is 1.36 bits per heavy atom. The molecule has 5 heteroatoms. The molecule has 1 rings (SSSR count). The zero-order valence-electron chi connectivity index (χ0n) is 8.65. The van der Waals surface area contributed by atoms with Gasteiger partial charge in [0.2, 0.25) is 0 Å². The minimum absolute atomic E-state index is 0.190. The Morgan fingerprint density at radius 3 is 2.43 bits per heavy atom. The first-order chi connectivity index (χ1) is 6.49. The largest absolute Gasteiger partial charge is 0.339 e. The lowest BCUT2D eigenvalue weighted by Gasteiger charge is -2.28. The lowest BCUT2D eigenvalue weighted by Crippen LogP contribution is -2.35. The summed E-state index contributed by atoms with van der Waals surface area (Å²) < 4.78 is 10.7. The summed E-state index contributed by atoms with van der Waals surface area (Å²) in [7, 11) is -3.88. The van der Waals surface area contributed by atoms with Gasteiger partial charge in [-0.2, -0.15) is 0 Å². The highest BCUT2D eigenvalue weighted by atomic mass is 31.2. The maximum Gasteiger partial charge on any atom is 0.339 e. The van der Waals surface area contributed by atoms with Gasteiger partial charge < -0.3 is 15.1 Å². The van der Waals surface area contributed by atoms with E-state index in [1.807, 2.05) is 6.92 Å². The molecule has 0 saturated heterocycles. The molecule has 3 N–H and O–H groups in total. The fourth-order valence-corrected chi connectivity index (χ4v) is 2.59. The second-order valence-electron chi connectivity index (χ2n) is 4.21. The van der Waals surface area contributed by atoms with Crippen LogP contribution in [0.2, 0.25) is 0 Å². The number of hydrogen-bond acceptors (Lipinski definition) is 2. The fourth-order valence-electron chi connectivity index (χ4n) is 2.06. The smallest absolute Gasteiger partial charge is 0.324 e. The Hall–Kier alpha value is 0.110. The van der Waals surface area contributed by atoms with Crippen molar-refractivity contribution in [2.24, 2.45) is 5.92 Å². The van der Waals surface area contributed by atoms with E-state index < -0.39 is 7.60 Å². The van der Waals surface area contributed by atoms with E-state index in [1.165, 1.54) is 32.1 Å². The number of rotatable bonds is 4. The Bertz CT molecular complexity index is 210. The molecule has 0 unspecified atom stereocenters. The van der Waals surface area contributed by atoms with E-state index >= 15 is 0 Å². The highest BCUT2D eigenvalue weighted by Gasteiger charge is 2.22. The van der Waals surface area contributed by atoms with E-state index in [4.69, 9.17) is 9.79 Å². The van der Waals surface area contributed by atoms with E-state index in [0.717, 1.165) is 0 Å². The van der Waals surface area contributed by atoms with Crippen LogP contribution in [0, 0.1) is 5.92 Å². The summed E-state index contributed by atoms with van der Waals surface area (Å²) in [4.78, 5) is 17.4. The quantitative estimate of drug-likeness (QED) is 0.632. The molecule has 0 heterocycles. The molecule has 0 aliphatic heterocycles. The molecule has 1 aliphatic carbocycles. The maximum atomic E-state index is 10.7. The van der Waals surface area contributed by atoms with Gasteiger partial charge in [-0.05, 0) is 25.7 Å². The van der Waals surface area contributed by atoms with E-state index in [2.05, 4.69) is 5.32 Å². The molecular weight excluding hydrogens is 201 g/mol. The highest BCUT2D eigenvalue weighted by Crippen LogP contribution is 2.33. The van der Waals surface area contributed by atoms with Crippen molar-refractivity contribution < 1.29 is 14.4 Å². The van der Waals surface area contributed by atoms with Gasteiger partial charge in [0.1, 0.15) is 0 Å². The molecule has 0 aromatic carbocycles. The zero-order chi connectivity index (χ0) is 10.6. The molecule has 4 nitrogen and oxygen atoms in total. The third-order valence-electron chi connectivity index (χ3n) is 2.98. The molecule has 1 fully saturated rings. The van der Waals surface area contributed by atoms with Crippen molar-refractivity contribution in [3.8, 4) is 0 Å². The molecule has 0 aromatic rings. The summed E-state index contributed by atoms with van der Waals surface area (Å²) in [6.45, 7) is 2.02.